The SMILES string of the molecule is COC(=O)[C@@H](NC(=O)c1cc(C)nc2ccccc12)C(C)C. The summed E-state index contributed by atoms with van der Waals surface area (Å²) in [5, 5.41) is 3.52. The molecule has 1 amide bonds. The largest absolute Gasteiger partial charge is 0.467 e. The van der Waals surface area contributed by atoms with E-state index < -0.39 is 12.0 Å². The number of aryl methyl sites for hydroxylation is 1. The van der Waals surface area contributed by atoms with Gasteiger partial charge in [-0.3, -0.25) is 9.78 Å². The van der Waals surface area contributed by atoms with Crippen molar-refractivity contribution in [2.24, 2.45) is 5.92 Å². The number of para-hydroxylation sites is 1. The van der Waals surface area contributed by atoms with Crippen molar-refractivity contribution in [3.63, 3.8) is 0 Å². The van der Waals surface area contributed by atoms with Crippen molar-refractivity contribution in [2.75, 3.05) is 7.11 Å². The number of amides is 1. The van der Waals surface area contributed by atoms with Gasteiger partial charge in [-0.15, -0.1) is 0 Å². The summed E-state index contributed by atoms with van der Waals surface area (Å²) in [5.74, 6) is -0.810. The molecule has 0 spiro atoms. The Balaban J connectivity index is 2.39. The second-order valence-corrected chi connectivity index (χ2v) is 5.55. The van der Waals surface area contributed by atoms with E-state index in [0.717, 1.165) is 16.6 Å². The van der Waals surface area contributed by atoms with Crippen molar-refractivity contribution in [2.45, 2.75) is 26.8 Å². The molecule has 0 aliphatic heterocycles. The number of carbonyl (C=O) groups excluding carboxylic acids is 2. The van der Waals surface area contributed by atoms with E-state index in [0.29, 0.717) is 5.56 Å². The number of benzene rings is 1. The molecule has 0 fully saturated rings. The molecule has 1 atom stereocenters. The maximum absolute atomic E-state index is 12.6. The molecule has 2 aromatic rings. The molecule has 2 rings (SSSR count). The minimum atomic E-state index is -0.676. The number of aromatic nitrogens is 1. The van der Waals surface area contributed by atoms with Gasteiger partial charge in [0.25, 0.3) is 5.91 Å². The van der Waals surface area contributed by atoms with E-state index >= 15 is 0 Å². The summed E-state index contributed by atoms with van der Waals surface area (Å²) in [4.78, 5) is 28.8. The summed E-state index contributed by atoms with van der Waals surface area (Å²) in [6.45, 7) is 5.55. The zero-order valence-electron chi connectivity index (χ0n) is 13.2. The van der Waals surface area contributed by atoms with Crippen molar-refractivity contribution in [3.8, 4) is 0 Å². The Hall–Kier alpha value is -2.43. The van der Waals surface area contributed by atoms with Gasteiger partial charge in [0.05, 0.1) is 18.2 Å². The van der Waals surface area contributed by atoms with Crippen molar-refractivity contribution in [1.29, 1.82) is 0 Å². The smallest absolute Gasteiger partial charge is 0.328 e. The highest BCUT2D eigenvalue weighted by Gasteiger charge is 2.26. The zero-order valence-corrected chi connectivity index (χ0v) is 13.2. The average molecular weight is 300 g/mol. The fourth-order valence-corrected chi connectivity index (χ4v) is 2.34. The molecule has 0 aliphatic rings. The highest BCUT2D eigenvalue weighted by atomic mass is 16.5. The van der Waals surface area contributed by atoms with Gasteiger partial charge in [-0.2, -0.15) is 0 Å². The number of nitrogens with one attached hydrogen (secondary N) is 1. The summed E-state index contributed by atoms with van der Waals surface area (Å²) >= 11 is 0. The summed E-state index contributed by atoms with van der Waals surface area (Å²) in [6.07, 6.45) is 0. The minimum absolute atomic E-state index is 0.0643. The van der Waals surface area contributed by atoms with E-state index in [2.05, 4.69) is 10.3 Å². The Kier molecular flexibility index (Phi) is 4.75. The van der Waals surface area contributed by atoms with Crippen LogP contribution in [0.4, 0.5) is 0 Å². The summed E-state index contributed by atoms with van der Waals surface area (Å²) in [7, 11) is 1.32. The molecular weight excluding hydrogens is 280 g/mol. The molecule has 1 heterocycles. The maximum Gasteiger partial charge on any atom is 0.328 e. The zero-order chi connectivity index (χ0) is 16.3. The van der Waals surface area contributed by atoms with Crippen LogP contribution < -0.4 is 5.32 Å². The van der Waals surface area contributed by atoms with Gasteiger partial charge in [-0.05, 0) is 25.0 Å². The Morgan fingerprint density at radius 1 is 1.23 bits per heavy atom. The predicted octanol–water partition coefficient (Wildman–Crippen LogP) is 2.47. The molecule has 0 saturated heterocycles. The number of carbonyl (C=O) groups is 2. The van der Waals surface area contributed by atoms with Crippen LogP contribution in [0.5, 0.6) is 0 Å². The summed E-state index contributed by atoms with van der Waals surface area (Å²) in [6, 6.07) is 8.49. The van der Waals surface area contributed by atoms with Gasteiger partial charge in [0.2, 0.25) is 0 Å². The van der Waals surface area contributed by atoms with Crippen LogP contribution in [-0.2, 0) is 9.53 Å². The van der Waals surface area contributed by atoms with Crippen LogP contribution >= 0.6 is 0 Å². The maximum atomic E-state index is 12.6. The van der Waals surface area contributed by atoms with Gasteiger partial charge < -0.3 is 10.1 Å². The van der Waals surface area contributed by atoms with Crippen LogP contribution in [0.3, 0.4) is 0 Å². The molecule has 1 aromatic carbocycles. The normalized spacial score (nSPS) is 12.2. The molecule has 0 radical (unpaired) electrons. The van der Waals surface area contributed by atoms with Crippen LogP contribution in [0.25, 0.3) is 10.9 Å². The number of rotatable bonds is 4. The van der Waals surface area contributed by atoms with Gasteiger partial charge >= 0.3 is 5.97 Å². The first kappa shape index (κ1) is 15.9. The van der Waals surface area contributed by atoms with E-state index in [9.17, 15) is 9.59 Å². The van der Waals surface area contributed by atoms with Crippen LogP contribution in [0, 0.1) is 12.8 Å². The second kappa shape index (κ2) is 6.56. The van der Waals surface area contributed by atoms with Gasteiger partial charge in [0.15, 0.2) is 0 Å². The number of ether oxygens (including phenoxy) is 1. The lowest BCUT2D eigenvalue weighted by molar-refractivity contribution is -0.144. The first-order chi connectivity index (χ1) is 10.4. The predicted molar refractivity (Wildman–Crippen MR) is 84.6 cm³/mol. The molecule has 1 N–H and O–H groups in total. The minimum Gasteiger partial charge on any atom is -0.467 e. The van der Waals surface area contributed by atoms with Crippen LogP contribution in [-0.4, -0.2) is 30.0 Å². The monoisotopic (exact) mass is 300 g/mol. The average Bonchev–Trinajstić information content (AvgIpc) is 2.50. The Labute approximate surface area is 129 Å². The first-order valence-electron chi connectivity index (χ1n) is 7.19. The molecule has 0 saturated carbocycles. The third kappa shape index (κ3) is 3.24. The van der Waals surface area contributed by atoms with E-state index in [1.54, 1.807) is 6.07 Å². The van der Waals surface area contributed by atoms with E-state index in [4.69, 9.17) is 4.74 Å². The topological polar surface area (TPSA) is 68.3 Å². The number of pyridine rings is 1. The van der Waals surface area contributed by atoms with Gasteiger partial charge in [0, 0.05) is 11.1 Å². The highest BCUT2D eigenvalue weighted by Crippen LogP contribution is 2.18. The van der Waals surface area contributed by atoms with Crippen LogP contribution in [0.1, 0.15) is 29.9 Å². The lowest BCUT2D eigenvalue weighted by Gasteiger charge is -2.20. The molecule has 5 heteroatoms. The molecule has 116 valence electrons. The number of hydrogen-bond acceptors (Lipinski definition) is 4. The fraction of sp³-hybridized carbons (Fsp3) is 0.353. The molecular formula is C17H20N2O3. The Morgan fingerprint density at radius 2 is 1.91 bits per heavy atom. The number of esters is 1. The van der Waals surface area contributed by atoms with Crippen LogP contribution in [0.2, 0.25) is 0 Å². The lowest BCUT2D eigenvalue weighted by Crippen LogP contribution is -2.45. The highest BCUT2D eigenvalue weighted by molar-refractivity contribution is 6.07. The standard InChI is InChI=1S/C17H20N2O3/c1-10(2)15(17(21)22-4)19-16(20)13-9-11(3)18-14-8-6-5-7-12(13)14/h5-10,15H,1-4H3,(H,19,20)/t15-/m0/s1. The number of fused-ring (bicyclic) bond motifs is 1. The molecule has 22 heavy (non-hydrogen) atoms. The number of hydrogen-bond donors (Lipinski definition) is 1. The fourth-order valence-electron chi connectivity index (χ4n) is 2.34. The summed E-state index contributed by atoms with van der Waals surface area (Å²) in [5.41, 5.74) is 2.02. The van der Waals surface area contributed by atoms with Crippen molar-refractivity contribution >= 4 is 22.8 Å². The molecule has 0 aliphatic carbocycles. The molecule has 0 unspecified atom stereocenters. The molecule has 5 nitrogen and oxygen atoms in total. The third-order valence-electron chi connectivity index (χ3n) is 3.50. The van der Waals surface area contributed by atoms with E-state index in [1.165, 1.54) is 7.11 Å². The van der Waals surface area contributed by atoms with Gasteiger partial charge in [-0.1, -0.05) is 32.0 Å². The van der Waals surface area contributed by atoms with Gasteiger partial charge in [0.1, 0.15) is 6.04 Å². The first-order valence-corrected chi connectivity index (χ1v) is 7.19. The molecule has 0 bridgehead atoms. The van der Waals surface area contributed by atoms with Crippen molar-refractivity contribution in [3.05, 3.63) is 41.6 Å². The van der Waals surface area contributed by atoms with Gasteiger partial charge in [-0.25, -0.2) is 4.79 Å². The van der Waals surface area contributed by atoms with Crippen molar-refractivity contribution < 1.29 is 14.3 Å². The Morgan fingerprint density at radius 3 is 2.55 bits per heavy atom. The second-order valence-electron chi connectivity index (χ2n) is 5.55. The number of nitrogens with zero attached hydrogens (tertiary/aromatic N) is 1. The third-order valence-corrected chi connectivity index (χ3v) is 3.50. The summed E-state index contributed by atoms with van der Waals surface area (Å²) < 4.78 is 4.76. The van der Waals surface area contributed by atoms with Crippen LogP contribution in [0.15, 0.2) is 30.3 Å². The van der Waals surface area contributed by atoms with E-state index in [1.807, 2.05) is 45.0 Å². The van der Waals surface area contributed by atoms with Crippen molar-refractivity contribution in [1.82, 2.24) is 10.3 Å². The quantitative estimate of drug-likeness (QED) is 0.881. The Bertz CT molecular complexity index is 710. The lowest BCUT2D eigenvalue weighted by atomic mass is 10.0. The molecule has 1 aromatic heterocycles. The number of methoxy groups -OCH3 is 1. The van der Waals surface area contributed by atoms with E-state index in [-0.39, 0.29) is 11.8 Å².